The number of hydrogen-bond acceptors (Lipinski definition) is 3. The van der Waals surface area contributed by atoms with Gasteiger partial charge < -0.3 is 5.73 Å². The molecule has 0 atom stereocenters. The highest BCUT2D eigenvalue weighted by Gasteiger charge is 2.06. The highest BCUT2D eigenvalue weighted by atomic mass is 35.5. The van der Waals surface area contributed by atoms with E-state index in [9.17, 15) is 0 Å². The Morgan fingerprint density at radius 1 is 1.14 bits per heavy atom. The van der Waals surface area contributed by atoms with Crippen molar-refractivity contribution in [2.45, 2.75) is 13.3 Å². The molecule has 0 saturated carbocycles. The maximum Gasteiger partial charge on any atom is 0.113 e. The Labute approximate surface area is 128 Å². The van der Waals surface area contributed by atoms with Crippen molar-refractivity contribution in [3.8, 4) is 16.9 Å². The van der Waals surface area contributed by atoms with Crippen molar-refractivity contribution in [1.82, 2.24) is 15.0 Å². The molecule has 2 aromatic carbocycles. The molecule has 0 unspecified atom stereocenters. The Balaban J connectivity index is 1.93. The number of aromatic nitrogens is 3. The van der Waals surface area contributed by atoms with Gasteiger partial charge in [-0.2, -0.15) is 0 Å². The van der Waals surface area contributed by atoms with Crippen LogP contribution < -0.4 is 5.73 Å². The van der Waals surface area contributed by atoms with Crippen molar-refractivity contribution in [2.24, 2.45) is 0 Å². The van der Waals surface area contributed by atoms with Crippen LogP contribution in [0.4, 0.5) is 5.69 Å². The van der Waals surface area contributed by atoms with Gasteiger partial charge in [-0.05, 0) is 30.2 Å². The number of nitrogens with two attached hydrogens (primary N) is 1. The SMILES string of the molecule is CCc1ccc(-c2cn(-c3ccc(Cl)c(N)c3)nn2)cc1. The molecular weight excluding hydrogens is 284 g/mol. The number of hydrogen-bond donors (Lipinski definition) is 1. The lowest BCUT2D eigenvalue weighted by Gasteiger charge is -2.02. The highest BCUT2D eigenvalue weighted by molar-refractivity contribution is 6.33. The first-order valence-corrected chi connectivity index (χ1v) is 7.12. The van der Waals surface area contributed by atoms with Gasteiger partial charge in [-0.15, -0.1) is 5.10 Å². The zero-order chi connectivity index (χ0) is 14.8. The normalized spacial score (nSPS) is 10.8. The lowest BCUT2D eigenvalue weighted by Crippen LogP contribution is -1.96. The molecule has 0 radical (unpaired) electrons. The minimum absolute atomic E-state index is 0.526. The molecule has 106 valence electrons. The van der Waals surface area contributed by atoms with Crippen molar-refractivity contribution in [1.29, 1.82) is 0 Å². The van der Waals surface area contributed by atoms with Crippen LogP contribution in [0.15, 0.2) is 48.7 Å². The van der Waals surface area contributed by atoms with E-state index in [4.69, 9.17) is 17.3 Å². The second kappa shape index (κ2) is 5.58. The number of nitrogen functional groups attached to an aromatic ring is 1. The number of aryl methyl sites for hydroxylation is 1. The maximum atomic E-state index is 5.93. The average molecular weight is 299 g/mol. The summed E-state index contributed by atoms with van der Waals surface area (Å²) in [6, 6.07) is 13.7. The molecular formula is C16H15ClN4. The summed E-state index contributed by atoms with van der Waals surface area (Å²) in [6.07, 6.45) is 2.90. The number of rotatable bonds is 3. The minimum atomic E-state index is 0.526. The van der Waals surface area contributed by atoms with Crippen LogP contribution in [0.5, 0.6) is 0 Å². The monoisotopic (exact) mass is 298 g/mol. The van der Waals surface area contributed by atoms with Gasteiger partial charge in [-0.25, -0.2) is 4.68 Å². The molecule has 1 heterocycles. The van der Waals surface area contributed by atoms with E-state index in [1.54, 1.807) is 16.8 Å². The molecule has 0 bridgehead atoms. The third-order valence-corrected chi connectivity index (χ3v) is 3.74. The van der Waals surface area contributed by atoms with Crippen LogP contribution in [0, 0.1) is 0 Å². The van der Waals surface area contributed by atoms with Gasteiger partial charge in [-0.1, -0.05) is 48.0 Å². The summed E-state index contributed by atoms with van der Waals surface area (Å²) < 4.78 is 1.69. The van der Waals surface area contributed by atoms with Gasteiger partial charge >= 0.3 is 0 Å². The summed E-state index contributed by atoms with van der Waals surface area (Å²) >= 11 is 5.93. The first-order valence-electron chi connectivity index (χ1n) is 6.74. The molecule has 3 aromatic rings. The van der Waals surface area contributed by atoms with Gasteiger partial charge in [0, 0.05) is 5.56 Å². The Bertz CT molecular complexity index is 762. The van der Waals surface area contributed by atoms with Crippen LogP contribution in [0.1, 0.15) is 12.5 Å². The van der Waals surface area contributed by atoms with Crippen LogP contribution in [0.25, 0.3) is 16.9 Å². The standard InChI is InChI=1S/C16H15ClN4/c1-2-11-3-5-12(6-4-11)16-10-21(20-19-16)13-7-8-14(17)15(18)9-13/h3-10H,2,18H2,1H3. The molecule has 0 spiro atoms. The van der Waals surface area contributed by atoms with Crippen molar-refractivity contribution < 1.29 is 0 Å². The molecule has 5 heteroatoms. The second-order valence-corrected chi connectivity index (χ2v) is 5.21. The lowest BCUT2D eigenvalue weighted by atomic mass is 10.1. The Hall–Kier alpha value is -2.33. The van der Waals surface area contributed by atoms with Gasteiger partial charge in [0.05, 0.1) is 22.6 Å². The third kappa shape index (κ3) is 2.76. The van der Waals surface area contributed by atoms with Crippen LogP contribution in [-0.2, 0) is 6.42 Å². The summed E-state index contributed by atoms with van der Waals surface area (Å²) in [5.41, 5.74) is 10.3. The summed E-state index contributed by atoms with van der Waals surface area (Å²) in [7, 11) is 0. The minimum Gasteiger partial charge on any atom is -0.397 e. The highest BCUT2D eigenvalue weighted by Crippen LogP contribution is 2.23. The second-order valence-electron chi connectivity index (χ2n) is 4.80. The smallest absolute Gasteiger partial charge is 0.113 e. The van der Waals surface area contributed by atoms with Crippen molar-refractivity contribution in [3.05, 3.63) is 59.2 Å². The van der Waals surface area contributed by atoms with Crippen molar-refractivity contribution in [2.75, 3.05) is 5.73 Å². The first-order chi connectivity index (χ1) is 10.2. The Kier molecular flexibility index (Phi) is 3.62. The molecule has 0 aliphatic carbocycles. The molecule has 21 heavy (non-hydrogen) atoms. The topological polar surface area (TPSA) is 56.7 Å². The van der Waals surface area contributed by atoms with E-state index < -0.39 is 0 Å². The predicted octanol–water partition coefficient (Wildman–Crippen LogP) is 3.73. The molecule has 0 amide bonds. The van der Waals surface area contributed by atoms with Crippen LogP contribution in [0.2, 0.25) is 5.02 Å². The first kappa shape index (κ1) is 13.6. The van der Waals surface area contributed by atoms with Gasteiger partial charge in [0.2, 0.25) is 0 Å². The third-order valence-electron chi connectivity index (χ3n) is 3.40. The average Bonchev–Trinajstić information content (AvgIpc) is 3.00. The van der Waals surface area contributed by atoms with Gasteiger partial charge in [0.25, 0.3) is 0 Å². The maximum absolute atomic E-state index is 5.93. The van der Waals surface area contributed by atoms with Crippen molar-refractivity contribution in [3.63, 3.8) is 0 Å². The zero-order valence-electron chi connectivity index (χ0n) is 11.6. The molecule has 0 saturated heterocycles. The molecule has 0 fully saturated rings. The summed E-state index contributed by atoms with van der Waals surface area (Å²) in [5.74, 6) is 0. The van der Waals surface area contributed by atoms with E-state index >= 15 is 0 Å². The molecule has 1 aromatic heterocycles. The number of anilines is 1. The largest absolute Gasteiger partial charge is 0.397 e. The summed E-state index contributed by atoms with van der Waals surface area (Å²) in [5, 5.41) is 8.89. The molecule has 2 N–H and O–H groups in total. The van der Waals surface area contributed by atoms with Gasteiger partial charge in [0.1, 0.15) is 5.69 Å². The Morgan fingerprint density at radius 2 is 1.90 bits per heavy atom. The van der Waals surface area contributed by atoms with E-state index in [1.807, 2.05) is 12.3 Å². The summed E-state index contributed by atoms with van der Waals surface area (Å²) in [4.78, 5) is 0. The van der Waals surface area contributed by atoms with Gasteiger partial charge in [-0.3, -0.25) is 0 Å². The van der Waals surface area contributed by atoms with Crippen molar-refractivity contribution >= 4 is 17.3 Å². The van der Waals surface area contributed by atoms with Crippen LogP contribution in [-0.4, -0.2) is 15.0 Å². The number of benzene rings is 2. The van der Waals surface area contributed by atoms with Crippen LogP contribution in [0.3, 0.4) is 0 Å². The van der Waals surface area contributed by atoms with Gasteiger partial charge in [0.15, 0.2) is 0 Å². The van der Waals surface area contributed by atoms with E-state index in [0.717, 1.165) is 23.4 Å². The Morgan fingerprint density at radius 3 is 2.57 bits per heavy atom. The van der Waals surface area contributed by atoms with E-state index in [2.05, 4.69) is 41.5 Å². The molecule has 3 rings (SSSR count). The lowest BCUT2D eigenvalue weighted by molar-refractivity contribution is 0.804. The summed E-state index contributed by atoms with van der Waals surface area (Å²) in [6.45, 7) is 2.14. The fourth-order valence-electron chi connectivity index (χ4n) is 2.11. The predicted molar refractivity (Wildman–Crippen MR) is 85.6 cm³/mol. The quantitative estimate of drug-likeness (QED) is 0.750. The fraction of sp³-hybridized carbons (Fsp3) is 0.125. The molecule has 0 aliphatic rings. The van der Waals surface area contributed by atoms with E-state index in [0.29, 0.717) is 10.7 Å². The zero-order valence-corrected chi connectivity index (χ0v) is 12.4. The molecule has 0 aliphatic heterocycles. The molecule has 4 nitrogen and oxygen atoms in total. The van der Waals surface area contributed by atoms with Crippen LogP contribution >= 0.6 is 11.6 Å². The number of halogens is 1. The van der Waals surface area contributed by atoms with E-state index in [-0.39, 0.29) is 0 Å². The van der Waals surface area contributed by atoms with E-state index in [1.165, 1.54) is 5.56 Å². The fourth-order valence-corrected chi connectivity index (χ4v) is 2.22. The number of nitrogens with zero attached hydrogens (tertiary/aromatic N) is 3.